The van der Waals surface area contributed by atoms with Gasteiger partial charge in [0.15, 0.2) is 0 Å². The number of rotatable bonds is 3. The molecule has 0 fully saturated rings. The van der Waals surface area contributed by atoms with Gasteiger partial charge in [0.1, 0.15) is 5.60 Å². The lowest BCUT2D eigenvalue weighted by molar-refractivity contribution is 0.0528. The Balaban J connectivity index is 1.88. The third-order valence-corrected chi connectivity index (χ3v) is 2.72. The van der Waals surface area contributed by atoms with Crippen molar-refractivity contribution in [2.24, 2.45) is 0 Å². The fraction of sp³-hybridized carbons (Fsp3) is 0.400. The van der Waals surface area contributed by atoms with Crippen LogP contribution in [0, 0.1) is 0 Å². The number of fused-ring (bicyclic) bond motifs is 1. The molecule has 0 saturated heterocycles. The molecule has 4 nitrogen and oxygen atoms in total. The van der Waals surface area contributed by atoms with Crippen molar-refractivity contribution in [1.82, 2.24) is 9.72 Å². The van der Waals surface area contributed by atoms with Gasteiger partial charge in [0, 0.05) is 24.5 Å². The third-order valence-electron chi connectivity index (χ3n) is 2.72. The second kappa shape index (κ2) is 5.34. The molecule has 2 aromatic rings. The van der Waals surface area contributed by atoms with Gasteiger partial charge in [-0.1, -0.05) is 6.07 Å². The van der Waals surface area contributed by atoms with Crippen molar-refractivity contribution in [3.8, 4) is 0 Å². The number of nitrogens with one attached hydrogen (secondary N) is 1. The molecule has 0 unspecified atom stereocenters. The molecule has 1 N–H and O–H groups in total. The lowest BCUT2D eigenvalue weighted by Gasteiger charge is -2.19. The summed E-state index contributed by atoms with van der Waals surface area (Å²) in [5.41, 5.74) is 1.94. The number of hydrogen-bond donors (Lipinski definition) is 1. The molecular formula is C15H20N2O2. The highest BCUT2D eigenvalue weighted by Gasteiger charge is 2.15. The average molecular weight is 260 g/mol. The summed E-state index contributed by atoms with van der Waals surface area (Å²) >= 11 is 0. The number of carbonyl (C=O) groups is 1. The molecule has 1 amide bonds. The van der Waals surface area contributed by atoms with Crippen LogP contribution in [0.2, 0.25) is 0 Å². The van der Waals surface area contributed by atoms with E-state index < -0.39 is 5.60 Å². The van der Waals surface area contributed by atoms with Crippen LogP contribution in [0.4, 0.5) is 4.79 Å². The van der Waals surface area contributed by atoms with Crippen LogP contribution in [-0.4, -0.2) is 22.6 Å². The standard InChI is InChI=1S/C15H20N2O2/c1-15(2,3)19-14(18)16-9-7-12-8-11-17-10-5-4-6-13(12)17/h4-6,8,10-11H,7,9H2,1-3H3,(H,16,18). The molecule has 2 heterocycles. The van der Waals surface area contributed by atoms with E-state index in [4.69, 9.17) is 4.74 Å². The first-order chi connectivity index (χ1) is 8.96. The maximum Gasteiger partial charge on any atom is 0.407 e. The molecule has 0 atom stereocenters. The number of ether oxygens (including phenoxy) is 1. The highest BCUT2D eigenvalue weighted by atomic mass is 16.6. The summed E-state index contributed by atoms with van der Waals surface area (Å²) in [6.07, 6.45) is 4.47. The number of carbonyl (C=O) groups excluding carboxylic acids is 1. The van der Waals surface area contributed by atoms with Crippen molar-refractivity contribution in [1.29, 1.82) is 0 Å². The first-order valence-electron chi connectivity index (χ1n) is 6.47. The van der Waals surface area contributed by atoms with Crippen LogP contribution >= 0.6 is 0 Å². The molecule has 102 valence electrons. The molecule has 0 aromatic carbocycles. The molecule has 19 heavy (non-hydrogen) atoms. The predicted octanol–water partition coefficient (Wildman–Crippen LogP) is 3.01. The first-order valence-corrected chi connectivity index (χ1v) is 6.47. The van der Waals surface area contributed by atoms with Crippen LogP contribution in [0.5, 0.6) is 0 Å². The van der Waals surface area contributed by atoms with Crippen LogP contribution in [0.3, 0.4) is 0 Å². The summed E-state index contributed by atoms with van der Waals surface area (Å²) in [5, 5.41) is 2.77. The highest BCUT2D eigenvalue weighted by Crippen LogP contribution is 2.12. The van der Waals surface area contributed by atoms with Gasteiger partial charge in [0.25, 0.3) is 0 Å². The first kappa shape index (κ1) is 13.5. The van der Waals surface area contributed by atoms with Gasteiger partial charge in [-0.3, -0.25) is 0 Å². The third kappa shape index (κ3) is 3.74. The van der Waals surface area contributed by atoms with E-state index in [-0.39, 0.29) is 6.09 Å². The molecular weight excluding hydrogens is 240 g/mol. The zero-order valence-electron chi connectivity index (χ0n) is 11.6. The van der Waals surface area contributed by atoms with Crippen LogP contribution in [0.15, 0.2) is 36.7 Å². The van der Waals surface area contributed by atoms with E-state index in [1.54, 1.807) is 0 Å². The van der Waals surface area contributed by atoms with Crippen LogP contribution in [-0.2, 0) is 11.2 Å². The Morgan fingerprint density at radius 3 is 2.79 bits per heavy atom. The van der Waals surface area contributed by atoms with E-state index in [9.17, 15) is 4.79 Å². The van der Waals surface area contributed by atoms with Crippen LogP contribution in [0.25, 0.3) is 5.52 Å². The Labute approximate surface area is 113 Å². The van der Waals surface area contributed by atoms with Gasteiger partial charge in [-0.05, 0) is 51.0 Å². The zero-order valence-corrected chi connectivity index (χ0v) is 11.6. The lowest BCUT2D eigenvalue weighted by Crippen LogP contribution is -2.33. The molecule has 4 heteroatoms. The molecule has 2 aromatic heterocycles. The maximum atomic E-state index is 11.5. The van der Waals surface area contributed by atoms with Crippen molar-refractivity contribution >= 4 is 11.6 Å². The normalized spacial score (nSPS) is 11.5. The second-order valence-electron chi connectivity index (χ2n) is 5.51. The van der Waals surface area contributed by atoms with Gasteiger partial charge in [-0.25, -0.2) is 4.79 Å². The Hall–Kier alpha value is -1.97. The van der Waals surface area contributed by atoms with Gasteiger partial charge >= 0.3 is 6.09 Å². The molecule has 0 radical (unpaired) electrons. The van der Waals surface area contributed by atoms with E-state index in [1.165, 1.54) is 11.1 Å². The van der Waals surface area contributed by atoms with E-state index >= 15 is 0 Å². The Kier molecular flexibility index (Phi) is 3.79. The Bertz CT molecular complexity index is 567. The number of alkyl carbamates (subject to hydrolysis) is 1. The van der Waals surface area contributed by atoms with Gasteiger partial charge in [0.05, 0.1) is 0 Å². The number of pyridine rings is 1. The van der Waals surface area contributed by atoms with Gasteiger partial charge in [0.2, 0.25) is 0 Å². The minimum Gasteiger partial charge on any atom is -0.444 e. The van der Waals surface area contributed by atoms with Crippen molar-refractivity contribution in [3.05, 3.63) is 42.2 Å². The minimum atomic E-state index is -0.451. The van der Waals surface area contributed by atoms with Gasteiger partial charge < -0.3 is 14.5 Å². The number of hydrogen-bond acceptors (Lipinski definition) is 2. The zero-order chi connectivity index (χ0) is 13.9. The van der Waals surface area contributed by atoms with E-state index in [2.05, 4.69) is 21.9 Å². The molecule has 0 bridgehead atoms. The minimum absolute atomic E-state index is 0.365. The summed E-state index contributed by atoms with van der Waals surface area (Å²) < 4.78 is 7.26. The predicted molar refractivity (Wildman–Crippen MR) is 75.3 cm³/mol. The number of nitrogens with zero attached hydrogens (tertiary/aromatic N) is 1. The summed E-state index contributed by atoms with van der Waals surface area (Å²) in [6.45, 7) is 6.14. The Morgan fingerprint density at radius 2 is 2.05 bits per heavy atom. The monoisotopic (exact) mass is 260 g/mol. The van der Waals surface area contributed by atoms with E-state index in [0.29, 0.717) is 6.54 Å². The molecule has 2 rings (SSSR count). The quantitative estimate of drug-likeness (QED) is 0.921. The maximum absolute atomic E-state index is 11.5. The van der Waals surface area contributed by atoms with Crippen molar-refractivity contribution < 1.29 is 9.53 Å². The number of aromatic nitrogens is 1. The van der Waals surface area contributed by atoms with E-state index in [0.717, 1.165) is 6.42 Å². The largest absolute Gasteiger partial charge is 0.444 e. The number of amides is 1. The highest BCUT2D eigenvalue weighted by molar-refractivity contribution is 5.67. The summed E-state index contributed by atoms with van der Waals surface area (Å²) in [6, 6.07) is 8.16. The average Bonchev–Trinajstić information content (AvgIpc) is 2.70. The smallest absolute Gasteiger partial charge is 0.407 e. The molecule has 0 spiro atoms. The second-order valence-corrected chi connectivity index (χ2v) is 5.51. The molecule has 0 saturated carbocycles. The van der Waals surface area contributed by atoms with Gasteiger partial charge in [-0.2, -0.15) is 0 Å². The van der Waals surface area contributed by atoms with Crippen molar-refractivity contribution in [3.63, 3.8) is 0 Å². The Morgan fingerprint density at radius 1 is 1.26 bits per heavy atom. The topological polar surface area (TPSA) is 42.7 Å². The SMILES string of the molecule is CC(C)(C)OC(=O)NCCc1ccn2ccccc12. The lowest BCUT2D eigenvalue weighted by atomic mass is 10.2. The fourth-order valence-electron chi connectivity index (χ4n) is 1.94. The van der Waals surface area contributed by atoms with Gasteiger partial charge in [-0.15, -0.1) is 0 Å². The molecule has 0 aliphatic rings. The van der Waals surface area contributed by atoms with Crippen molar-refractivity contribution in [2.75, 3.05) is 6.54 Å². The fourth-order valence-corrected chi connectivity index (χ4v) is 1.94. The van der Waals surface area contributed by atoms with Crippen molar-refractivity contribution in [2.45, 2.75) is 32.8 Å². The van der Waals surface area contributed by atoms with Crippen LogP contribution < -0.4 is 5.32 Å². The summed E-state index contributed by atoms with van der Waals surface area (Å²) in [5.74, 6) is 0. The van der Waals surface area contributed by atoms with E-state index in [1.807, 2.05) is 45.3 Å². The molecule has 0 aliphatic heterocycles. The van der Waals surface area contributed by atoms with Crippen LogP contribution in [0.1, 0.15) is 26.3 Å². The summed E-state index contributed by atoms with van der Waals surface area (Å²) in [7, 11) is 0. The molecule has 0 aliphatic carbocycles. The summed E-state index contributed by atoms with van der Waals surface area (Å²) in [4.78, 5) is 11.5.